The molecule has 0 saturated heterocycles. The van der Waals surface area contributed by atoms with Gasteiger partial charge in [-0.05, 0) is 41.1 Å². The largest absolute Gasteiger partial charge is 0.573 e. The fourth-order valence-corrected chi connectivity index (χ4v) is 2.85. The highest BCUT2D eigenvalue weighted by Gasteiger charge is 2.32. The molecule has 30 heavy (non-hydrogen) atoms. The molecule has 0 aliphatic carbocycles. The summed E-state index contributed by atoms with van der Waals surface area (Å²) < 4.78 is 55.9. The van der Waals surface area contributed by atoms with E-state index < -0.39 is 17.9 Å². The van der Waals surface area contributed by atoms with E-state index in [9.17, 15) is 22.4 Å². The number of ether oxygens (including phenoxy) is 1. The lowest BCUT2D eigenvalue weighted by Crippen LogP contribution is -2.29. The van der Waals surface area contributed by atoms with Crippen molar-refractivity contribution in [2.45, 2.75) is 26.3 Å². The monoisotopic (exact) mass is 443 g/mol. The van der Waals surface area contributed by atoms with Crippen molar-refractivity contribution >= 4 is 23.2 Å². The van der Waals surface area contributed by atoms with E-state index in [1.165, 1.54) is 29.2 Å². The molecule has 0 radical (unpaired) electrons. The number of carbonyl (C=O) groups is 1. The summed E-state index contributed by atoms with van der Waals surface area (Å²) in [6.07, 6.45) is -4.85. The first-order valence-corrected chi connectivity index (χ1v) is 8.93. The maximum atomic E-state index is 14.2. The Hall–Kier alpha value is -3.21. The van der Waals surface area contributed by atoms with Gasteiger partial charge < -0.3 is 9.64 Å². The van der Waals surface area contributed by atoms with Crippen LogP contribution in [0.1, 0.15) is 18.9 Å². The Labute approximate surface area is 172 Å². The van der Waals surface area contributed by atoms with Gasteiger partial charge in [0.1, 0.15) is 11.6 Å². The molecule has 0 aliphatic rings. The Morgan fingerprint density at radius 2 is 2.00 bits per heavy atom. The molecular weight excluding hydrogens is 430 g/mol. The van der Waals surface area contributed by atoms with Gasteiger partial charge in [0.25, 0.3) is 0 Å². The first-order valence-electron chi connectivity index (χ1n) is 8.55. The van der Waals surface area contributed by atoms with Crippen molar-refractivity contribution in [3.63, 3.8) is 0 Å². The van der Waals surface area contributed by atoms with E-state index in [0.29, 0.717) is 5.56 Å². The predicted octanol–water partition coefficient (Wildman–Crippen LogP) is 4.50. The third kappa shape index (κ3) is 5.23. The van der Waals surface area contributed by atoms with Crippen LogP contribution in [0.4, 0.5) is 23.2 Å². The number of nitrogens with zero attached hydrogens (tertiary/aromatic N) is 4. The lowest BCUT2D eigenvalue weighted by atomic mass is 10.1. The Bertz CT molecular complexity index is 1040. The van der Waals surface area contributed by atoms with Crippen molar-refractivity contribution in [1.82, 2.24) is 20.6 Å². The minimum Gasteiger partial charge on any atom is -0.404 e. The maximum Gasteiger partial charge on any atom is 0.573 e. The third-order valence-corrected chi connectivity index (χ3v) is 4.28. The number of anilines is 1. The molecule has 158 valence electrons. The lowest BCUT2D eigenvalue weighted by molar-refractivity contribution is -0.274. The predicted molar refractivity (Wildman–Crippen MR) is 99.2 cm³/mol. The van der Waals surface area contributed by atoms with Gasteiger partial charge in [-0.15, -0.1) is 23.4 Å². The van der Waals surface area contributed by atoms with Crippen LogP contribution in [0, 0.1) is 5.82 Å². The number of aromatic amines is 1. The number of halogens is 5. The molecule has 0 unspecified atom stereocenters. The average Bonchev–Trinajstić information content (AvgIpc) is 3.21. The molecule has 2 aromatic carbocycles. The van der Waals surface area contributed by atoms with Gasteiger partial charge in [-0.2, -0.15) is 5.21 Å². The molecule has 0 atom stereocenters. The molecule has 1 amide bonds. The zero-order valence-corrected chi connectivity index (χ0v) is 16.1. The zero-order valence-electron chi connectivity index (χ0n) is 15.4. The maximum absolute atomic E-state index is 14.2. The summed E-state index contributed by atoms with van der Waals surface area (Å²) in [5.74, 6) is -1.52. The zero-order chi connectivity index (χ0) is 21.9. The number of alkyl halides is 3. The van der Waals surface area contributed by atoms with E-state index in [-0.39, 0.29) is 41.0 Å². The number of nitrogens with one attached hydrogen (secondary N) is 1. The van der Waals surface area contributed by atoms with Gasteiger partial charge in [0, 0.05) is 17.7 Å². The molecular formula is C18H14ClF4N5O2. The van der Waals surface area contributed by atoms with Crippen LogP contribution in [0.25, 0.3) is 11.4 Å². The van der Waals surface area contributed by atoms with Crippen LogP contribution in [-0.2, 0) is 11.3 Å². The molecule has 3 rings (SSSR count). The average molecular weight is 444 g/mol. The number of tetrazole rings is 1. The van der Waals surface area contributed by atoms with Gasteiger partial charge in [0.15, 0.2) is 0 Å². The highest BCUT2D eigenvalue weighted by Crippen LogP contribution is 2.32. The minimum atomic E-state index is -4.93. The van der Waals surface area contributed by atoms with Gasteiger partial charge in [-0.25, -0.2) is 4.39 Å². The number of aromatic nitrogens is 4. The number of amides is 1. The van der Waals surface area contributed by atoms with Crippen molar-refractivity contribution in [1.29, 1.82) is 0 Å². The van der Waals surface area contributed by atoms with Gasteiger partial charge in [0.05, 0.1) is 11.6 Å². The second-order valence-electron chi connectivity index (χ2n) is 6.08. The van der Waals surface area contributed by atoms with Crippen LogP contribution >= 0.6 is 11.6 Å². The molecule has 0 bridgehead atoms. The van der Waals surface area contributed by atoms with Crippen LogP contribution in [0.5, 0.6) is 5.75 Å². The standard InChI is InChI=1S/C18H14ClF4N5O2/c1-2-16(29)28(9-10-3-4-14(19)15(5-10)30-18(21,22)23)13-7-11(6-12(20)8-13)17-24-26-27-25-17/h3-8H,2,9H2,1H3,(H,24,25,26,27). The highest BCUT2D eigenvalue weighted by molar-refractivity contribution is 6.32. The van der Waals surface area contributed by atoms with E-state index in [1.54, 1.807) is 6.92 Å². The van der Waals surface area contributed by atoms with Crippen molar-refractivity contribution < 1.29 is 27.1 Å². The Balaban J connectivity index is 1.97. The van der Waals surface area contributed by atoms with E-state index in [0.717, 1.165) is 12.1 Å². The molecule has 12 heteroatoms. The van der Waals surface area contributed by atoms with Crippen LogP contribution in [-0.4, -0.2) is 32.9 Å². The number of hydrogen-bond acceptors (Lipinski definition) is 5. The summed E-state index contributed by atoms with van der Waals surface area (Å²) >= 11 is 5.77. The normalized spacial score (nSPS) is 11.4. The summed E-state index contributed by atoms with van der Waals surface area (Å²) in [6.45, 7) is 1.46. The summed E-state index contributed by atoms with van der Waals surface area (Å²) in [5.41, 5.74) is 0.741. The van der Waals surface area contributed by atoms with Crippen LogP contribution in [0.3, 0.4) is 0 Å². The fourth-order valence-electron chi connectivity index (χ4n) is 2.69. The fraction of sp³-hybridized carbons (Fsp3) is 0.222. The topological polar surface area (TPSA) is 84.0 Å². The Kier molecular flexibility index (Phi) is 6.20. The van der Waals surface area contributed by atoms with E-state index in [2.05, 4.69) is 25.4 Å². The van der Waals surface area contributed by atoms with Crippen LogP contribution in [0.15, 0.2) is 36.4 Å². The Morgan fingerprint density at radius 3 is 2.63 bits per heavy atom. The molecule has 7 nitrogen and oxygen atoms in total. The number of H-pyrrole nitrogens is 1. The summed E-state index contributed by atoms with van der Waals surface area (Å²) in [4.78, 5) is 13.8. The molecule has 0 spiro atoms. The quantitative estimate of drug-likeness (QED) is 0.567. The van der Waals surface area contributed by atoms with Crippen LogP contribution < -0.4 is 9.64 Å². The second kappa shape index (κ2) is 8.66. The third-order valence-electron chi connectivity index (χ3n) is 3.96. The first kappa shape index (κ1) is 21.5. The molecule has 1 aromatic heterocycles. The number of carbonyl (C=O) groups excluding carboxylic acids is 1. The summed E-state index contributed by atoms with van der Waals surface area (Å²) in [6, 6.07) is 7.51. The van der Waals surface area contributed by atoms with E-state index in [4.69, 9.17) is 11.6 Å². The lowest BCUT2D eigenvalue weighted by Gasteiger charge is -2.23. The smallest absolute Gasteiger partial charge is 0.404 e. The molecule has 0 fully saturated rings. The van der Waals surface area contributed by atoms with Crippen molar-refractivity contribution in [3.8, 4) is 17.1 Å². The van der Waals surface area contributed by atoms with Gasteiger partial charge in [0.2, 0.25) is 11.7 Å². The van der Waals surface area contributed by atoms with E-state index >= 15 is 0 Å². The number of rotatable bonds is 6. The summed E-state index contributed by atoms with van der Waals surface area (Å²) in [7, 11) is 0. The van der Waals surface area contributed by atoms with Crippen molar-refractivity contribution in [3.05, 3.63) is 52.8 Å². The second-order valence-corrected chi connectivity index (χ2v) is 6.49. The molecule has 3 aromatic rings. The summed E-state index contributed by atoms with van der Waals surface area (Å²) in [5, 5.41) is 13.0. The van der Waals surface area contributed by atoms with Gasteiger partial charge >= 0.3 is 6.36 Å². The van der Waals surface area contributed by atoms with Gasteiger partial charge in [-0.1, -0.05) is 24.6 Å². The molecule has 1 heterocycles. The SMILES string of the molecule is CCC(=O)N(Cc1ccc(Cl)c(OC(F)(F)F)c1)c1cc(F)cc(-c2nn[nH]n2)c1. The van der Waals surface area contributed by atoms with Crippen molar-refractivity contribution in [2.75, 3.05) is 4.90 Å². The minimum absolute atomic E-state index is 0.0769. The Morgan fingerprint density at radius 1 is 1.23 bits per heavy atom. The highest BCUT2D eigenvalue weighted by atomic mass is 35.5. The number of benzene rings is 2. The van der Waals surface area contributed by atoms with Crippen molar-refractivity contribution in [2.24, 2.45) is 0 Å². The van der Waals surface area contributed by atoms with E-state index in [1.807, 2.05) is 0 Å². The molecule has 0 saturated carbocycles. The number of hydrogen-bond donors (Lipinski definition) is 1. The molecule has 1 N–H and O–H groups in total. The molecule has 0 aliphatic heterocycles. The van der Waals surface area contributed by atoms with Gasteiger partial charge in [-0.3, -0.25) is 4.79 Å². The first-order chi connectivity index (χ1) is 14.2. The van der Waals surface area contributed by atoms with Crippen LogP contribution in [0.2, 0.25) is 5.02 Å².